The summed E-state index contributed by atoms with van der Waals surface area (Å²) in [5.41, 5.74) is 1.24. The number of benzene rings is 1. The van der Waals surface area contributed by atoms with Crippen LogP contribution in [0.2, 0.25) is 0 Å². The number of aliphatic hydroxyl groups is 1. The molecule has 5 nitrogen and oxygen atoms in total. The highest BCUT2D eigenvalue weighted by molar-refractivity contribution is 5.63. The number of hydrogen-bond acceptors (Lipinski definition) is 5. The Balaban J connectivity index is 1.49. The smallest absolute Gasteiger partial charge is 0.165 e. The maximum absolute atomic E-state index is 11.4. The molecule has 1 aromatic rings. The van der Waals surface area contributed by atoms with E-state index in [9.17, 15) is 10.2 Å². The molecule has 4 saturated carbocycles. The van der Waals surface area contributed by atoms with Crippen molar-refractivity contribution in [1.29, 1.82) is 0 Å². The van der Waals surface area contributed by atoms with E-state index in [0.29, 0.717) is 11.8 Å². The van der Waals surface area contributed by atoms with Crippen LogP contribution >= 0.6 is 0 Å². The van der Waals surface area contributed by atoms with Gasteiger partial charge in [0.05, 0.1) is 5.60 Å². The van der Waals surface area contributed by atoms with Crippen LogP contribution in [0.1, 0.15) is 63.5 Å². The van der Waals surface area contributed by atoms with Crippen molar-refractivity contribution in [3.8, 4) is 11.5 Å². The first-order valence-electron chi connectivity index (χ1n) is 12.3. The Hall–Kier alpha value is -1.30. The zero-order valence-electron chi connectivity index (χ0n) is 19.0. The zero-order valence-corrected chi connectivity index (χ0v) is 19.0. The summed E-state index contributed by atoms with van der Waals surface area (Å²) in [6.07, 6.45) is 7.72. The van der Waals surface area contributed by atoms with Crippen molar-refractivity contribution >= 4 is 0 Å². The number of rotatable bonds is 4. The number of phenols is 1. The lowest BCUT2D eigenvalue weighted by Crippen LogP contribution is -2.82. The molecule has 6 atom stereocenters. The molecule has 2 N–H and O–H groups in total. The Bertz CT molecular complexity index is 967. The van der Waals surface area contributed by atoms with Gasteiger partial charge in [0.1, 0.15) is 11.7 Å². The van der Waals surface area contributed by atoms with Crippen LogP contribution in [0.3, 0.4) is 0 Å². The van der Waals surface area contributed by atoms with E-state index in [4.69, 9.17) is 9.47 Å². The van der Waals surface area contributed by atoms with Crippen LogP contribution in [-0.4, -0.2) is 58.7 Å². The van der Waals surface area contributed by atoms with Gasteiger partial charge in [-0.3, -0.25) is 4.90 Å². The zero-order chi connectivity index (χ0) is 21.4. The molecule has 1 aromatic carbocycles. The number of nitrogens with zero attached hydrogens (tertiary/aromatic N) is 1. The summed E-state index contributed by atoms with van der Waals surface area (Å²) < 4.78 is 13.2. The normalized spacial score (nSPS) is 44.8. The van der Waals surface area contributed by atoms with Gasteiger partial charge in [0.25, 0.3) is 0 Å². The molecule has 8 rings (SSSR count). The summed E-state index contributed by atoms with van der Waals surface area (Å²) in [4.78, 5) is 2.81. The third-order valence-corrected chi connectivity index (χ3v) is 10.5. The minimum atomic E-state index is -0.846. The average Bonchev–Trinajstić information content (AvgIpc) is 3.47. The number of piperidine rings is 1. The van der Waals surface area contributed by atoms with Crippen molar-refractivity contribution in [2.24, 2.45) is 17.3 Å². The van der Waals surface area contributed by atoms with Crippen LogP contribution in [0.25, 0.3) is 0 Å². The quantitative estimate of drug-likeness (QED) is 0.774. The lowest BCUT2D eigenvalue weighted by molar-refractivity contribution is -0.300. The Morgan fingerprint density at radius 1 is 1.23 bits per heavy atom. The Labute approximate surface area is 184 Å². The molecule has 0 aromatic heterocycles. The van der Waals surface area contributed by atoms with Gasteiger partial charge in [-0.2, -0.15) is 0 Å². The average molecular weight is 426 g/mol. The van der Waals surface area contributed by atoms with Crippen LogP contribution in [0, 0.1) is 17.3 Å². The van der Waals surface area contributed by atoms with Gasteiger partial charge in [-0.15, -0.1) is 0 Å². The standard InChI is InChI=1S/C26H35NO4/c1-23(2,29)18-13-24-8-9-26(18,30-3)22-25(24)10-11-27(14-15-4-5-15)19(24)12-16-6-7-17(28)21(31-22)20(16)25/h6-7,15,18-19,22,28-29H,4-5,8-14H2,1-3H3/t18-,19?,22?,24-,25?,26-/m1/s1. The molecule has 0 amide bonds. The van der Waals surface area contributed by atoms with Gasteiger partial charge in [-0.25, -0.2) is 0 Å². The van der Waals surface area contributed by atoms with Crippen molar-refractivity contribution in [3.63, 3.8) is 0 Å². The van der Waals surface area contributed by atoms with E-state index in [0.717, 1.165) is 44.6 Å². The number of hydrogen-bond donors (Lipinski definition) is 2. The Morgan fingerprint density at radius 3 is 2.74 bits per heavy atom. The number of fused-ring (bicyclic) bond motifs is 2. The number of aromatic hydroxyl groups is 1. The molecule has 2 heterocycles. The summed E-state index contributed by atoms with van der Waals surface area (Å²) in [6, 6.07) is 4.46. The molecular weight excluding hydrogens is 390 g/mol. The van der Waals surface area contributed by atoms with Gasteiger partial charge in [0.2, 0.25) is 0 Å². The fourth-order valence-electron chi connectivity index (χ4n) is 9.23. The van der Waals surface area contributed by atoms with E-state index in [-0.39, 0.29) is 28.6 Å². The summed E-state index contributed by atoms with van der Waals surface area (Å²) in [6.45, 7) is 6.23. The highest BCUT2D eigenvalue weighted by Crippen LogP contribution is 2.77. The SMILES string of the molecule is CO[C@]12CC[C@@]3(C[C@@H]1C(C)(C)O)C1Cc4ccc(O)c5c4C3(CCN1CC1CC1)C2O5. The third kappa shape index (κ3) is 2.02. The van der Waals surface area contributed by atoms with Gasteiger partial charge in [-0.1, -0.05) is 6.07 Å². The molecule has 1 saturated heterocycles. The molecule has 0 radical (unpaired) electrons. The monoisotopic (exact) mass is 425 g/mol. The van der Waals surface area contributed by atoms with Crippen molar-refractivity contribution in [1.82, 2.24) is 4.90 Å². The first-order valence-corrected chi connectivity index (χ1v) is 12.3. The van der Waals surface area contributed by atoms with Crippen molar-refractivity contribution in [2.45, 2.75) is 87.6 Å². The second-order valence-electron chi connectivity index (χ2n) is 12.1. The minimum absolute atomic E-state index is 0.0123. The Kier molecular flexibility index (Phi) is 3.47. The molecule has 5 fully saturated rings. The molecule has 5 aliphatic carbocycles. The van der Waals surface area contributed by atoms with Gasteiger partial charge in [0, 0.05) is 42.0 Å². The molecule has 2 aliphatic heterocycles. The predicted octanol–water partition coefficient (Wildman–Crippen LogP) is 3.39. The first-order chi connectivity index (χ1) is 14.8. The third-order valence-electron chi connectivity index (χ3n) is 10.5. The highest BCUT2D eigenvalue weighted by Gasteiger charge is 2.81. The summed E-state index contributed by atoms with van der Waals surface area (Å²) >= 11 is 0. The topological polar surface area (TPSA) is 62.2 Å². The van der Waals surface area contributed by atoms with E-state index < -0.39 is 11.2 Å². The van der Waals surface area contributed by atoms with Gasteiger partial charge < -0.3 is 19.7 Å². The molecule has 2 spiro atoms. The molecule has 168 valence electrons. The summed E-state index contributed by atoms with van der Waals surface area (Å²) in [7, 11) is 1.81. The van der Waals surface area contributed by atoms with E-state index in [1.807, 2.05) is 27.0 Å². The molecule has 5 heteroatoms. The second kappa shape index (κ2) is 5.60. The fraction of sp³-hybridized carbons (Fsp3) is 0.769. The first kappa shape index (κ1) is 19.2. The lowest BCUT2D eigenvalue weighted by Gasteiger charge is -2.75. The molecule has 7 aliphatic rings. The highest BCUT2D eigenvalue weighted by atomic mass is 16.6. The number of likely N-dealkylation sites (tertiary alicyclic amines) is 1. The fourth-order valence-corrected chi connectivity index (χ4v) is 9.23. The maximum atomic E-state index is 11.4. The van der Waals surface area contributed by atoms with E-state index in [1.54, 1.807) is 0 Å². The molecule has 3 unspecified atom stereocenters. The van der Waals surface area contributed by atoms with Gasteiger partial charge >= 0.3 is 0 Å². The number of phenolic OH excluding ortho intramolecular Hbond substituents is 1. The lowest BCUT2D eigenvalue weighted by atomic mass is 9.34. The molecule has 31 heavy (non-hydrogen) atoms. The van der Waals surface area contributed by atoms with Crippen LogP contribution in [0.4, 0.5) is 0 Å². The van der Waals surface area contributed by atoms with Gasteiger partial charge in [0.15, 0.2) is 11.5 Å². The van der Waals surface area contributed by atoms with E-state index in [1.165, 1.54) is 30.5 Å². The maximum Gasteiger partial charge on any atom is 0.165 e. The number of ether oxygens (including phenoxy) is 2. The van der Waals surface area contributed by atoms with Crippen LogP contribution in [0.5, 0.6) is 11.5 Å². The molecular formula is C26H35NO4. The largest absolute Gasteiger partial charge is 0.504 e. The van der Waals surface area contributed by atoms with Gasteiger partial charge in [-0.05, 0) is 82.9 Å². The van der Waals surface area contributed by atoms with Crippen LogP contribution < -0.4 is 4.74 Å². The minimum Gasteiger partial charge on any atom is -0.504 e. The Morgan fingerprint density at radius 2 is 2.03 bits per heavy atom. The van der Waals surface area contributed by atoms with Crippen molar-refractivity contribution in [2.75, 3.05) is 20.2 Å². The second-order valence-corrected chi connectivity index (χ2v) is 12.1. The van der Waals surface area contributed by atoms with Crippen molar-refractivity contribution in [3.05, 3.63) is 23.3 Å². The predicted molar refractivity (Wildman–Crippen MR) is 116 cm³/mol. The van der Waals surface area contributed by atoms with Crippen molar-refractivity contribution < 1.29 is 19.7 Å². The van der Waals surface area contributed by atoms with E-state index >= 15 is 0 Å². The van der Waals surface area contributed by atoms with Crippen LogP contribution in [0.15, 0.2) is 12.1 Å². The summed E-state index contributed by atoms with van der Waals surface area (Å²) in [5, 5.41) is 22.2. The van der Waals surface area contributed by atoms with Crippen LogP contribution in [-0.2, 0) is 16.6 Å². The molecule has 4 bridgehead atoms. The summed E-state index contributed by atoms with van der Waals surface area (Å²) in [5.74, 6) is 1.86. The van der Waals surface area contributed by atoms with E-state index in [2.05, 4.69) is 11.0 Å². The number of methoxy groups -OCH3 is 1.